The molecule has 0 unspecified atom stereocenters. The number of carboxylic acids is 1. The van der Waals surface area contributed by atoms with Crippen LogP contribution in [0.3, 0.4) is 0 Å². The summed E-state index contributed by atoms with van der Waals surface area (Å²) in [5.41, 5.74) is -0.202. The van der Waals surface area contributed by atoms with Crippen LogP contribution in [0.15, 0.2) is 41.3 Å². The number of ether oxygens (including phenoxy) is 1. The lowest BCUT2D eigenvalue weighted by Crippen LogP contribution is -2.31. The second-order valence-corrected chi connectivity index (χ2v) is 7.96. The topological polar surface area (TPSA) is 139 Å². The van der Waals surface area contributed by atoms with Gasteiger partial charge in [0.05, 0.1) is 24.1 Å². The molecule has 0 bridgehead atoms. The van der Waals surface area contributed by atoms with Crippen molar-refractivity contribution in [2.75, 3.05) is 18.4 Å². The normalized spacial score (nSPS) is 10.9. The quantitative estimate of drug-likeness (QED) is 0.512. The van der Waals surface area contributed by atoms with Crippen LogP contribution in [0.5, 0.6) is 0 Å². The maximum atomic E-state index is 13.6. The van der Waals surface area contributed by atoms with Crippen molar-refractivity contribution in [2.24, 2.45) is 0 Å². The molecular formula is C18H16ClFN2O7S. The van der Waals surface area contributed by atoms with Crippen LogP contribution in [0, 0.1) is 5.82 Å². The van der Waals surface area contributed by atoms with E-state index in [0.717, 1.165) is 0 Å². The summed E-state index contributed by atoms with van der Waals surface area (Å²) in [4.78, 5) is 33.2. The number of benzene rings is 2. The van der Waals surface area contributed by atoms with E-state index >= 15 is 0 Å². The molecule has 0 heterocycles. The van der Waals surface area contributed by atoms with Crippen molar-refractivity contribution in [1.82, 2.24) is 5.32 Å². The Morgan fingerprint density at radius 2 is 1.80 bits per heavy atom. The first-order valence-corrected chi connectivity index (χ1v) is 10.1. The average Bonchev–Trinajstić information content (AvgIpc) is 2.66. The molecule has 0 aromatic heterocycles. The minimum Gasteiger partial charge on any atom is -0.478 e. The van der Waals surface area contributed by atoms with Gasteiger partial charge in [-0.3, -0.25) is 14.3 Å². The zero-order valence-electron chi connectivity index (χ0n) is 15.4. The Kier molecular flexibility index (Phi) is 7.35. The summed E-state index contributed by atoms with van der Waals surface area (Å²) in [7, 11) is -3.13. The molecule has 0 aliphatic heterocycles. The summed E-state index contributed by atoms with van der Waals surface area (Å²) < 4.78 is 45.3. The SMILES string of the molecule is COC(=O)CNC(=O)Cc1ccc(NS(=O)(=O)c2cc(C(=O)O)c(F)cc2Cl)cc1. The van der Waals surface area contributed by atoms with Gasteiger partial charge in [0.15, 0.2) is 0 Å². The van der Waals surface area contributed by atoms with Crippen LogP contribution in [-0.2, 0) is 30.8 Å². The third-order valence-electron chi connectivity index (χ3n) is 3.77. The summed E-state index contributed by atoms with van der Waals surface area (Å²) in [6.07, 6.45) is -0.0597. The van der Waals surface area contributed by atoms with Crippen LogP contribution < -0.4 is 10.0 Å². The molecule has 0 radical (unpaired) electrons. The highest BCUT2D eigenvalue weighted by molar-refractivity contribution is 7.92. The van der Waals surface area contributed by atoms with Gasteiger partial charge in [-0.2, -0.15) is 0 Å². The number of esters is 1. The molecule has 0 saturated carbocycles. The Hall–Kier alpha value is -3.18. The number of halogens is 2. The van der Waals surface area contributed by atoms with Crippen molar-refractivity contribution in [3.8, 4) is 0 Å². The number of sulfonamides is 1. The van der Waals surface area contributed by atoms with Gasteiger partial charge in [-0.05, 0) is 29.8 Å². The first kappa shape index (κ1) is 23.1. The summed E-state index contributed by atoms with van der Waals surface area (Å²) in [6.45, 7) is -0.274. The van der Waals surface area contributed by atoms with Gasteiger partial charge >= 0.3 is 11.9 Å². The lowest BCUT2D eigenvalue weighted by molar-refractivity contribution is -0.141. The minimum atomic E-state index is -4.32. The van der Waals surface area contributed by atoms with Crippen LogP contribution in [0.25, 0.3) is 0 Å². The van der Waals surface area contributed by atoms with E-state index in [1.54, 1.807) is 0 Å². The molecule has 2 aromatic carbocycles. The second-order valence-electron chi connectivity index (χ2n) is 5.90. The predicted octanol–water partition coefficient (Wildman–Crippen LogP) is 1.81. The van der Waals surface area contributed by atoms with Crippen LogP contribution in [-0.4, -0.2) is 45.0 Å². The van der Waals surface area contributed by atoms with E-state index in [0.29, 0.717) is 17.7 Å². The van der Waals surface area contributed by atoms with E-state index in [1.165, 1.54) is 31.4 Å². The van der Waals surface area contributed by atoms with Gasteiger partial charge in [-0.1, -0.05) is 23.7 Å². The number of hydrogen-bond donors (Lipinski definition) is 3. The number of hydrogen-bond acceptors (Lipinski definition) is 6. The van der Waals surface area contributed by atoms with Crippen molar-refractivity contribution >= 4 is 45.2 Å². The smallest absolute Gasteiger partial charge is 0.338 e. The third kappa shape index (κ3) is 5.91. The summed E-state index contributed by atoms with van der Waals surface area (Å²) >= 11 is 5.77. The highest BCUT2D eigenvalue weighted by Crippen LogP contribution is 2.27. The Morgan fingerprint density at radius 3 is 2.37 bits per heavy atom. The van der Waals surface area contributed by atoms with Gasteiger partial charge in [-0.25, -0.2) is 17.6 Å². The fourth-order valence-corrected chi connectivity index (χ4v) is 3.89. The van der Waals surface area contributed by atoms with Crippen LogP contribution in [0.1, 0.15) is 15.9 Å². The van der Waals surface area contributed by atoms with Crippen molar-refractivity contribution in [2.45, 2.75) is 11.3 Å². The van der Waals surface area contributed by atoms with Gasteiger partial charge in [0.25, 0.3) is 10.0 Å². The van der Waals surface area contributed by atoms with Gasteiger partial charge in [0.2, 0.25) is 5.91 Å². The first-order chi connectivity index (χ1) is 14.0. The first-order valence-electron chi connectivity index (χ1n) is 8.21. The lowest BCUT2D eigenvalue weighted by Gasteiger charge is -2.11. The molecule has 2 aromatic rings. The molecule has 30 heavy (non-hydrogen) atoms. The Balaban J connectivity index is 2.13. The third-order valence-corrected chi connectivity index (χ3v) is 5.62. The van der Waals surface area contributed by atoms with Gasteiger partial charge in [0.1, 0.15) is 17.3 Å². The molecule has 1 amide bonds. The number of rotatable bonds is 8. The molecule has 3 N–H and O–H groups in total. The van der Waals surface area contributed by atoms with E-state index in [1.807, 2.05) is 0 Å². The molecule has 0 aliphatic carbocycles. The van der Waals surface area contributed by atoms with Crippen LogP contribution in [0.2, 0.25) is 5.02 Å². The van der Waals surface area contributed by atoms with Crippen molar-refractivity contribution in [1.29, 1.82) is 0 Å². The number of nitrogens with one attached hydrogen (secondary N) is 2. The zero-order valence-corrected chi connectivity index (χ0v) is 17.0. The Bertz CT molecular complexity index is 1090. The molecule has 160 valence electrons. The zero-order chi connectivity index (χ0) is 22.5. The number of carbonyl (C=O) groups excluding carboxylic acids is 2. The van der Waals surface area contributed by atoms with Gasteiger partial charge < -0.3 is 15.2 Å². The predicted molar refractivity (Wildman–Crippen MR) is 104 cm³/mol. The number of amides is 1. The highest BCUT2D eigenvalue weighted by Gasteiger charge is 2.23. The van der Waals surface area contributed by atoms with Crippen LogP contribution >= 0.6 is 11.6 Å². The Labute approximate surface area is 175 Å². The van der Waals surface area contributed by atoms with Crippen molar-refractivity contribution in [3.63, 3.8) is 0 Å². The second kappa shape index (κ2) is 9.55. The number of aromatic carboxylic acids is 1. The molecule has 2 rings (SSSR count). The number of carbonyl (C=O) groups is 3. The highest BCUT2D eigenvalue weighted by atomic mass is 35.5. The number of carboxylic acid groups (broad SMARTS) is 1. The molecule has 0 atom stereocenters. The molecule has 0 spiro atoms. The maximum Gasteiger partial charge on any atom is 0.338 e. The number of anilines is 1. The fourth-order valence-electron chi connectivity index (χ4n) is 2.29. The van der Waals surface area contributed by atoms with E-state index in [4.69, 9.17) is 16.7 Å². The van der Waals surface area contributed by atoms with E-state index in [-0.39, 0.29) is 18.7 Å². The molecule has 0 saturated heterocycles. The standard InChI is InChI=1S/C18H16ClFN2O7S/c1-29-17(24)9-21-16(23)6-10-2-4-11(5-3-10)22-30(27,28)15-7-12(18(25)26)14(20)8-13(15)19/h2-5,7-8,22H,6,9H2,1H3,(H,21,23)(H,25,26). The number of methoxy groups -OCH3 is 1. The summed E-state index contributed by atoms with van der Waals surface area (Å²) in [5.74, 6) is -3.84. The fraction of sp³-hybridized carbons (Fsp3) is 0.167. The monoisotopic (exact) mass is 458 g/mol. The lowest BCUT2D eigenvalue weighted by atomic mass is 10.1. The van der Waals surface area contributed by atoms with Crippen molar-refractivity contribution < 1.29 is 37.0 Å². The van der Waals surface area contributed by atoms with E-state index < -0.39 is 49.2 Å². The van der Waals surface area contributed by atoms with Crippen molar-refractivity contribution in [3.05, 3.63) is 58.4 Å². The summed E-state index contributed by atoms with van der Waals surface area (Å²) in [5, 5.41) is 10.8. The molecular weight excluding hydrogens is 443 g/mol. The molecule has 0 aliphatic rings. The van der Waals surface area contributed by atoms with E-state index in [2.05, 4.69) is 14.8 Å². The van der Waals surface area contributed by atoms with Gasteiger partial charge in [-0.15, -0.1) is 0 Å². The molecule has 0 fully saturated rings. The van der Waals surface area contributed by atoms with E-state index in [9.17, 15) is 27.2 Å². The Morgan fingerprint density at radius 1 is 1.17 bits per heavy atom. The molecule has 12 heteroatoms. The maximum absolute atomic E-state index is 13.6. The molecule has 9 nitrogen and oxygen atoms in total. The minimum absolute atomic E-state index is 0.0597. The largest absolute Gasteiger partial charge is 0.478 e. The summed E-state index contributed by atoms with van der Waals surface area (Å²) in [6, 6.07) is 6.93. The van der Waals surface area contributed by atoms with Gasteiger partial charge in [0, 0.05) is 5.69 Å². The average molecular weight is 459 g/mol. The van der Waals surface area contributed by atoms with Crippen LogP contribution in [0.4, 0.5) is 10.1 Å².